The molecule has 7 nitrogen and oxygen atoms in total. The van der Waals surface area contributed by atoms with Gasteiger partial charge in [0.2, 0.25) is 15.9 Å². The Hall–Kier alpha value is -2.97. The van der Waals surface area contributed by atoms with E-state index in [2.05, 4.69) is 10.5 Å². The largest absolute Gasteiger partial charge is 0.361 e. The molecule has 0 aliphatic heterocycles. The van der Waals surface area contributed by atoms with E-state index in [1.54, 1.807) is 33.0 Å². The van der Waals surface area contributed by atoms with Crippen molar-refractivity contribution in [2.45, 2.75) is 31.7 Å². The van der Waals surface area contributed by atoms with Crippen LogP contribution in [0.25, 0.3) is 0 Å². The third-order valence-electron chi connectivity index (χ3n) is 4.61. The Morgan fingerprint density at radius 2 is 1.72 bits per heavy atom. The molecule has 3 rings (SSSR count). The first-order chi connectivity index (χ1) is 13.8. The minimum absolute atomic E-state index is 0.140. The van der Waals surface area contributed by atoms with Gasteiger partial charge in [0, 0.05) is 24.8 Å². The van der Waals surface area contributed by atoms with Crippen LogP contribution in [-0.2, 0) is 27.8 Å². The summed E-state index contributed by atoms with van der Waals surface area (Å²) in [5, 5.41) is 6.60. The van der Waals surface area contributed by atoms with E-state index in [0.29, 0.717) is 17.1 Å². The highest BCUT2D eigenvalue weighted by molar-refractivity contribution is 7.89. The van der Waals surface area contributed by atoms with Gasteiger partial charge in [-0.1, -0.05) is 35.5 Å². The number of benzene rings is 2. The summed E-state index contributed by atoms with van der Waals surface area (Å²) < 4.78 is 31.9. The molecule has 0 saturated heterocycles. The SMILES string of the molecule is Cc1noc(C)c1CC(=O)Nc1ccc(S(=O)(=O)N(C)Cc2ccccc2)cc1. The molecule has 1 N–H and O–H groups in total. The first-order valence-electron chi connectivity index (χ1n) is 9.09. The van der Waals surface area contributed by atoms with E-state index in [0.717, 1.165) is 11.1 Å². The van der Waals surface area contributed by atoms with Gasteiger partial charge in [-0.3, -0.25) is 4.79 Å². The molecular weight excluding hydrogens is 390 g/mol. The highest BCUT2D eigenvalue weighted by Gasteiger charge is 2.21. The van der Waals surface area contributed by atoms with Crippen molar-refractivity contribution in [3.8, 4) is 0 Å². The van der Waals surface area contributed by atoms with Crippen LogP contribution in [0.15, 0.2) is 64.0 Å². The van der Waals surface area contributed by atoms with Gasteiger partial charge in [-0.2, -0.15) is 4.31 Å². The van der Waals surface area contributed by atoms with Gasteiger partial charge < -0.3 is 9.84 Å². The maximum Gasteiger partial charge on any atom is 0.243 e. The van der Waals surface area contributed by atoms with Crippen molar-refractivity contribution in [1.82, 2.24) is 9.46 Å². The Bertz CT molecular complexity index is 1070. The molecule has 8 heteroatoms. The number of amides is 1. The molecule has 0 spiro atoms. The first-order valence-corrected chi connectivity index (χ1v) is 10.5. The van der Waals surface area contributed by atoms with Gasteiger partial charge in [-0.25, -0.2) is 8.42 Å². The number of rotatable bonds is 7. The minimum Gasteiger partial charge on any atom is -0.361 e. The van der Waals surface area contributed by atoms with Crippen LogP contribution in [0.2, 0.25) is 0 Å². The van der Waals surface area contributed by atoms with Crippen molar-refractivity contribution in [2.24, 2.45) is 0 Å². The number of aromatic nitrogens is 1. The summed E-state index contributed by atoms with van der Waals surface area (Å²) in [6.07, 6.45) is 0.140. The van der Waals surface area contributed by atoms with Crippen LogP contribution >= 0.6 is 0 Å². The number of anilines is 1. The lowest BCUT2D eigenvalue weighted by Crippen LogP contribution is -2.26. The summed E-state index contributed by atoms with van der Waals surface area (Å²) in [5.41, 5.74) is 2.86. The van der Waals surface area contributed by atoms with Gasteiger partial charge in [0.25, 0.3) is 0 Å². The van der Waals surface area contributed by atoms with Crippen LogP contribution in [0.4, 0.5) is 5.69 Å². The molecule has 3 aromatic rings. The van der Waals surface area contributed by atoms with Gasteiger partial charge in [-0.15, -0.1) is 0 Å². The quantitative estimate of drug-likeness (QED) is 0.642. The van der Waals surface area contributed by atoms with Crippen molar-refractivity contribution in [1.29, 1.82) is 0 Å². The van der Waals surface area contributed by atoms with Gasteiger partial charge in [0.15, 0.2) is 0 Å². The van der Waals surface area contributed by atoms with Crippen molar-refractivity contribution >= 4 is 21.6 Å². The number of nitrogens with zero attached hydrogens (tertiary/aromatic N) is 2. The average Bonchev–Trinajstić information content (AvgIpc) is 3.01. The predicted octanol–water partition coefficient (Wildman–Crippen LogP) is 3.29. The third-order valence-corrected chi connectivity index (χ3v) is 6.43. The van der Waals surface area contributed by atoms with Crippen LogP contribution < -0.4 is 5.32 Å². The Morgan fingerprint density at radius 1 is 1.07 bits per heavy atom. The van der Waals surface area contributed by atoms with Crippen molar-refractivity contribution in [3.05, 3.63) is 77.2 Å². The Kier molecular flexibility index (Phi) is 6.14. The smallest absolute Gasteiger partial charge is 0.243 e. The Labute approximate surface area is 170 Å². The van der Waals surface area contributed by atoms with Crippen LogP contribution in [0.5, 0.6) is 0 Å². The normalized spacial score (nSPS) is 11.6. The molecular formula is C21H23N3O4S. The van der Waals surface area contributed by atoms with E-state index in [9.17, 15) is 13.2 Å². The van der Waals surface area contributed by atoms with E-state index in [-0.39, 0.29) is 23.8 Å². The molecule has 0 atom stereocenters. The van der Waals surface area contributed by atoms with Crippen LogP contribution in [0, 0.1) is 13.8 Å². The van der Waals surface area contributed by atoms with Crippen molar-refractivity contribution < 1.29 is 17.7 Å². The average molecular weight is 413 g/mol. The van der Waals surface area contributed by atoms with Gasteiger partial charge in [0.05, 0.1) is 17.0 Å². The summed E-state index contributed by atoms with van der Waals surface area (Å²) in [7, 11) is -2.09. The van der Waals surface area contributed by atoms with E-state index in [1.165, 1.54) is 16.4 Å². The Balaban J connectivity index is 1.66. The molecule has 29 heavy (non-hydrogen) atoms. The fraction of sp³-hybridized carbons (Fsp3) is 0.238. The lowest BCUT2D eigenvalue weighted by Gasteiger charge is -2.17. The fourth-order valence-corrected chi connectivity index (χ4v) is 4.09. The summed E-state index contributed by atoms with van der Waals surface area (Å²) >= 11 is 0. The molecule has 0 bridgehead atoms. The second-order valence-electron chi connectivity index (χ2n) is 6.80. The molecule has 1 aromatic heterocycles. The molecule has 0 fully saturated rings. The number of hydrogen-bond donors (Lipinski definition) is 1. The molecule has 152 valence electrons. The number of nitrogens with one attached hydrogen (secondary N) is 1. The zero-order valence-corrected chi connectivity index (χ0v) is 17.4. The summed E-state index contributed by atoms with van der Waals surface area (Å²) in [6.45, 7) is 3.82. The van der Waals surface area contributed by atoms with E-state index in [4.69, 9.17) is 4.52 Å². The summed E-state index contributed by atoms with van der Waals surface area (Å²) in [4.78, 5) is 12.4. The Morgan fingerprint density at radius 3 is 2.31 bits per heavy atom. The lowest BCUT2D eigenvalue weighted by atomic mass is 10.1. The fourth-order valence-electron chi connectivity index (χ4n) is 2.94. The minimum atomic E-state index is -3.63. The van der Waals surface area contributed by atoms with Crippen molar-refractivity contribution in [3.63, 3.8) is 0 Å². The summed E-state index contributed by atoms with van der Waals surface area (Å²) in [6, 6.07) is 15.5. The number of sulfonamides is 1. The molecule has 2 aromatic carbocycles. The molecule has 1 amide bonds. The third kappa shape index (κ3) is 4.90. The van der Waals surface area contributed by atoms with Gasteiger partial charge in [0.1, 0.15) is 5.76 Å². The monoisotopic (exact) mass is 413 g/mol. The van der Waals surface area contributed by atoms with Crippen molar-refractivity contribution in [2.75, 3.05) is 12.4 Å². The summed E-state index contributed by atoms with van der Waals surface area (Å²) in [5.74, 6) is 0.386. The van der Waals surface area contributed by atoms with E-state index >= 15 is 0 Å². The molecule has 0 unspecified atom stereocenters. The maximum atomic E-state index is 12.8. The van der Waals surface area contributed by atoms with E-state index < -0.39 is 10.0 Å². The number of carbonyl (C=O) groups excluding carboxylic acids is 1. The first kappa shape index (κ1) is 20.8. The molecule has 0 saturated carbocycles. The second-order valence-corrected chi connectivity index (χ2v) is 8.84. The molecule has 0 radical (unpaired) electrons. The highest BCUT2D eigenvalue weighted by atomic mass is 32.2. The van der Waals surface area contributed by atoms with E-state index in [1.807, 2.05) is 30.3 Å². The molecule has 0 aliphatic rings. The predicted molar refractivity (Wildman–Crippen MR) is 110 cm³/mol. The van der Waals surface area contributed by atoms with Crippen LogP contribution in [0.3, 0.4) is 0 Å². The van der Waals surface area contributed by atoms with Crippen LogP contribution in [-0.4, -0.2) is 30.8 Å². The second kappa shape index (κ2) is 8.59. The molecule has 0 aliphatic carbocycles. The zero-order chi connectivity index (χ0) is 21.0. The van der Waals surface area contributed by atoms with Gasteiger partial charge in [-0.05, 0) is 43.7 Å². The number of hydrogen-bond acceptors (Lipinski definition) is 5. The maximum absolute atomic E-state index is 12.8. The molecule has 1 heterocycles. The zero-order valence-electron chi connectivity index (χ0n) is 16.5. The standard InChI is InChI=1S/C21H23N3O4S/c1-15-20(16(2)28-23-15)13-21(25)22-18-9-11-19(12-10-18)29(26,27)24(3)14-17-7-5-4-6-8-17/h4-12H,13-14H2,1-3H3,(H,22,25). The van der Waals surface area contributed by atoms with Gasteiger partial charge >= 0.3 is 0 Å². The number of aryl methyl sites for hydroxylation is 2. The van der Waals surface area contributed by atoms with Crippen LogP contribution in [0.1, 0.15) is 22.6 Å². The number of carbonyl (C=O) groups is 1. The lowest BCUT2D eigenvalue weighted by molar-refractivity contribution is -0.115. The highest BCUT2D eigenvalue weighted by Crippen LogP contribution is 2.20. The topological polar surface area (TPSA) is 92.5 Å².